The molecule has 0 aromatic heterocycles. The van der Waals surface area contributed by atoms with Gasteiger partial charge in [-0.2, -0.15) is 0 Å². The van der Waals surface area contributed by atoms with Gasteiger partial charge in [-0.25, -0.2) is 0 Å². The summed E-state index contributed by atoms with van der Waals surface area (Å²) in [4.78, 5) is 0. The molecular formula is C13H17Cl. The van der Waals surface area contributed by atoms with Crippen molar-refractivity contribution in [2.24, 2.45) is 16.2 Å². The quantitative estimate of drug-likeness (QED) is 0.522. The molecule has 0 aliphatic heterocycles. The van der Waals surface area contributed by atoms with Gasteiger partial charge in [0.1, 0.15) is 0 Å². The Hall–Kier alpha value is -0.230. The van der Waals surface area contributed by atoms with Crippen LogP contribution in [0.25, 0.3) is 0 Å². The Morgan fingerprint density at radius 2 is 1.86 bits per heavy atom. The summed E-state index contributed by atoms with van der Waals surface area (Å²) in [6.07, 6.45) is 12.0. The molecule has 3 rings (SSSR count). The van der Waals surface area contributed by atoms with E-state index in [4.69, 9.17) is 11.6 Å². The van der Waals surface area contributed by atoms with E-state index in [2.05, 4.69) is 32.1 Å². The maximum Gasteiger partial charge on any atom is 0.0221 e. The van der Waals surface area contributed by atoms with Crippen molar-refractivity contribution in [2.75, 3.05) is 0 Å². The van der Waals surface area contributed by atoms with Crippen molar-refractivity contribution in [2.45, 2.75) is 39.5 Å². The molecule has 76 valence electrons. The predicted molar refractivity (Wildman–Crippen MR) is 60.2 cm³/mol. The van der Waals surface area contributed by atoms with Crippen LogP contribution < -0.4 is 0 Å². The molecule has 0 heterocycles. The second-order valence-corrected chi connectivity index (χ2v) is 6.54. The fraction of sp³-hybridized carbons (Fsp3) is 0.692. The molecule has 0 aromatic rings. The van der Waals surface area contributed by atoms with E-state index in [-0.39, 0.29) is 0 Å². The number of hydrogen-bond acceptors (Lipinski definition) is 0. The fourth-order valence-electron chi connectivity index (χ4n) is 4.17. The molecule has 1 saturated carbocycles. The van der Waals surface area contributed by atoms with Gasteiger partial charge in [-0.15, -0.1) is 0 Å². The largest absolute Gasteiger partial charge is 0.0888 e. The van der Waals surface area contributed by atoms with Crippen molar-refractivity contribution >= 4 is 11.6 Å². The highest BCUT2D eigenvalue weighted by molar-refractivity contribution is 6.31. The molecule has 1 heteroatoms. The van der Waals surface area contributed by atoms with Gasteiger partial charge in [0, 0.05) is 15.9 Å². The molecule has 0 nitrogen and oxygen atoms in total. The summed E-state index contributed by atoms with van der Waals surface area (Å²) in [5.41, 5.74) is 1.24. The molecule has 0 radical (unpaired) electrons. The second-order valence-electron chi connectivity index (χ2n) is 6.13. The maximum absolute atomic E-state index is 6.36. The third-order valence-electron chi connectivity index (χ3n) is 4.50. The van der Waals surface area contributed by atoms with Crippen molar-refractivity contribution in [3.05, 3.63) is 23.3 Å². The van der Waals surface area contributed by atoms with Gasteiger partial charge < -0.3 is 0 Å². The van der Waals surface area contributed by atoms with E-state index in [0.29, 0.717) is 16.2 Å². The number of allylic oxidation sites excluding steroid dienone is 4. The Morgan fingerprint density at radius 1 is 1.14 bits per heavy atom. The molecule has 0 amide bonds. The van der Waals surface area contributed by atoms with Crippen LogP contribution in [0.2, 0.25) is 0 Å². The first-order chi connectivity index (χ1) is 6.50. The van der Waals surface area contributed by atoms with Gasteiger partial charge in [-0.05, 0) is 31.1 Å². The van der Waals surface area contributed by atoms with E-state index in [0.717, 1.165) is 5.03 Å². The third-order valence-corrected chi connectivity index (χ3v) is 4.97. The first-order valence-corrected chi connectivity index (χ1v) is 5.92. The summed E-state index contributed by atoms with van der Waals surface area (Å²) in [5, 5.41) is 1.15. The minimum absolute atomic E-state index is 0.340. The average molecular weight is 209 g/mol. The van der Waals surface area contributed by atoms with Crippen LogP contribution in [0.1, 0.15) is 39.5 Å². The van der Waals surface area contributed by atoms with Gasteiger partial charge in [0.15, 0.2) is 0 Å². The van der Waals surface area contributed by atoms with E-state index in [1.54, 1.807) is 0 Å². The van der Waals surface area contributed by atoms with E-state index in [9.17, 15) is 0 Å². The van der Waals surface area contributed by atoms with Crippen LogP contribution in [-0.2, 0) is 0 Å². The van der Waals surface area contributed by atoms with Crippen LogP contribution in [-0.4, -0.2) is 0 Å². The summed E-state index contributed by atoms with van der Waals surface area (Å²) in [7, 11) is 0. The molecule has 3 aliphatic rings. The summed E-state index contributed by atoms with van der Waals surface area (Å²) < 4.78 is 0. The SMILES string of the molecule is CC1(C)C[C@]23C=C(Cl)[C@]2(CC=CC3)C1. The molecule has 3 aliphatic carbocycles. The van der Waals surface area contributed by atoms with E-state index in [1.807, 2.05) is 0 Å². The number of hydrogen-bond donors (Lipinski definition) is 0. The second kappa shape index (κ2) is 2.29. The molecule has 1 fully saturated rings. The molecule has 0 N–H and O–H groups in total. The summed E-state index contributed by atoms with van der Waals surface area (Å²) in [5.74, 6) is 0. The van der Waals surface area contributed by atoms with E-state index < -0.39 is 0 Å². The number of rotatable bonds is 0. The topological polar surface area (TPSA) is 0 Å². The highest BCUT2D eigenvalue weighted by Gasteiger charge is 2.65. The standard InChI is InChI=1S/C13H17Cl/c1-11(2)8-12-5-3-4-6-13(12,9-11)10(14)7-12/h3-4,7H,5-6,8-9H2,1-2H3/t12-,13-/m0/s1. The van der Waals surface area contributed by atoms with Gasteiger partial charge in [0.25, 0.3) is 0 Å². The van der Waals surface area contributed by atoms with E-state index in [1.165, 1.54) is 25.7 Å². The Bertz CT molecular complexity index is 350. The zero-order valence-electron chi connectivity index (χ0n) is 8.94. The van der Waals surface area contributed by atoms with E-state index >= 15 is 0 Å². The van der Waals surface area contributed by atoms with Crippen molar-refractivity contribution in [3.8, 4) is 0 Å². The minimum atomic E-state index is 0.340. The molecular weight excluding hydrogens is 192 g/mol. The fourth-order valence-corrected chi connectivity index (χ4v) is 4.71. The van der Waals surface area contributed by atoms with Crippen molar-refractivity contribution in [3.63, 3.8) is 0 Å². The summed E-state index contributed by atoms with van der Waals surface area (Å²) in [6.45, 7) is 4.77. The van der Waals surface area contributed by atoms with Gasteiger partial charge in [-0.3, -0.25) is 0 Å². The normalized spacial score (nSPS) is 47.8. The van der Waals surface area contributed by atoms with Gasteiger partial charge >= 0.3 is 0 Å². The smallest absolute Gasteiger partial charge is 0.0221 e. The van der Waals surface area contributed by atoms with Crippen molar-refractivity contribution in [1.29, 1.82) is 0 Å². The highest BCUT2D eigenvalue weighted by atomic mass is 35.5. The maximum atomic E-state index is 6.36. The van der Waals surface area contributed by atoms with Gasteiger partial charge in [0.05, 0.1) is 0 Å². The van der Waals surface area contributed by atoms with Crippen molar-refractivity contribution in [1.82, 2.24) is 0 Å². The van der Waals surface area contributed by atoms with Crippen LogP contribution in [0.4, 0.5) is 0 Å². The van der Waals surface area contributed by atoms with Crippen LogP contribution in [0.3, 0.4) is 0 Å². The minimum Gasteiger partial charge on any atom is -0.0888 e. The zero-order valence-corrected chi connectivity index (χ0v) is 9.69. The third kappa shape index (κ3) is 0.821. The molecule has 14 heavy (non-hydrogen) atoms. The zero-order chi connectivity index (χ0) is 10.0. The lowest BCUT2D eigenvalue weighted by atomic mass is 9.52. The lowest BCUT2D eigenvalue weighted by Crippen LogP contribution is -2.45. The van der Waals surface area contributed by atoms with Crippen LogP contribution in [0.15, 0.2) is 23.3 Å². The predicted octanol–water partition coefficient (Wildman–Crippen LogP) is 4.27. The van der Waals surface area contributed by atoms with Gasteiger partial charge in [0.2, 0.25) is 0 Å². The number of halogens is 1. The molecule has 0 aromatic carbocycles. The van der Waals surface area contributed by atoms with Crippen LogP contribution in [0.5, 0.6) is 0 Å². The molecule has 0 bridgehead atoms. The van der Waals surface area contributed by atoms with Crippen LogP contribution >= 0.6 is 11.6 Å². The molecule has 0 unspecified atom stereocenters. The van der Waals surface area contributed by atoms with Gasteiger partial charge in [-0.1, -0.05) is 43.7 Å². The average Bonchev–Trinajstić information content (AvgIpc) is 2.28. The summed E-state index contributed by atoms with van der Waals surface area (Å²) >= 11 is 6.36. The Morgan fingerprint density at radius 3 is 2.50 bits per heavy atom. The van der Waals surface area contributed by atoms with Crippen molar-refractivity contribution < 1.29 is 0 Å². The Balaban J connectivity index is 2.09. The lowest BCUT2D eigenvalue weighted by Gasteiger charge is -2.53. The first-order valence-electron chi connectivity index (χ1n) is 5.54. The first kappa shape index (κ1) is 9.03. The Kier molecular flexibility index (Phi) is 1.48. The summed E-state index contributed by atoms with van der Waals surface area (Å²) in [6, 6.07) is 0. The monoisotopic (exact) mass is 208 g/mol. The highest BCUT2D eigenvalue weighted by Crippen LogP contribution is 2.75. The molecule has 2 atom stereocenters. The molecule has 0 spiro atoms. The van der Waals surface area contributed by atoms with Crippen LogP contribution in [0, 0.1) is 16.2 Å². The lowest BCUT2D eigenvalue weighted by molar-refractivity contribution is 0.128. The Labute approximate surface area is 91.0 Å². The molecule has 0 saturated heterocycles.